The molecule has 0 aliphatic heterocycles. The van der Waals surface area contributed by atoms with Gasteiger partial charge in [-0.25, -0.2) is 9.78 Å². The number of aromatic nitrogens is 2. The van der Waals surface area contributed by atoms with Gasteiger partial charge < -0.3 is 21.1 Å². The summed E-state index contributed by atoms with van der Waals surface area (Å²) < 4.78 is 0. The number of hydrogen-bond acceptors (Lipinski definition) is 5. The first kappa shape index (κ1) is 23.7. The van der Waals surface area contributed by atoms with Crippen molar-refractivity contribution in [1.29, 1.82) is 5.41 Å². The number of benzene rings is 3. The molecular formula is C30H25N5O2. The van der Waals surface area contributed by atoms with E-state index in [1.165, 1.54) is 0 Å². The van der Waals surface area contributed by atoms with E-state index in [2.05, 4.69) is 15.6 Å². The maximum atomic E-state index is 13.3. The Kier molecular flexibility index (Phi) is 6.85. The molecule has 0 saturated heterocycles. The number of hydrogen-bond donors (Lipinski definition) is 4. The first-order chi connectivity index (χ1) is 18.1. The van der Waals surface area contributed by atoms with Gasteiger partial charge in [0.05, 0.1) is 22.9 Å². The van der Waals surface area contributed by atoms with Gasteiger partial charge in [-0.05, 0) is 24.3 Å². The van der Waals surface area contributed by atoms with Crippen LogP contribution in [0.3, 0.4) is 0 Å². The summed E-state index contributed by atoms with van der Waals surface area (Å²) in [6, 6.07) is 28.5. The number of carbonyl (C=O) groups is 1. The van der Waals surface area contributed by atoms with Crippen molar-refractivity contribution < 1.29 is 9.90 Å². The van der Waals surface area contributed by atoms with Gasteiger partial charge in [0.25, 0.3) is 0 Å². The van der Waals surface area contributed by atoms with Crippen LogP contribution >= 0.6 is 0 Å². The average molecular weight is 488 g/mol. The lowest BCUT2D eigenvalue weighted by Crippen LogP contribution is -2.34. The molecule has 2 heterocycles. The van der Waals surface area contributed by atoms with E-state index in [0.29, 0.717) is 22.5 Å². The minimum absolute atomic E-state index is 0.0486. The fourth-order valence-corrected chi connectivity index (χ4v) is 4.24. The maximum Gasteiger partial charge on any atom is 0.319 e. The Labute approximate surface area is 214 Å². The molecule has 1 atom stereocenters. The van der Waals surface area contributed by atoms with Gasteiger partial charge in [-0.1, -0.05) is 72.8 Å². The Hall–Kier alpha value is -5.04. The first-order valence-electron chi connectivity index (χ1n) is 11.9. The molecule has 37 heavy (non-hydrogen) atoms. The molecule has 0 fully saturated rings. The summed E-state index contributed by atoms with van der Waals surface area (Å²) in [5.74, 6) is 0.0486. The van der Waals surface area contributed by atoms with E-state index >= 15 is 0 Å². The number of urea groups is 1. The second-order valence-corrected chi connectivity index (χ2v) is 8.57. The van der Waals surface area contributed by atoms with Crippen molar-refractivity contribution in [2.45, 2.75) is 12.5 Å². The minimum Gasteiger partial charge on any atom is -0.508 e. The van der Waals surface area contributed by atoms with Gasteiger partial charge in [-0.2, -0.15) is 0 Å². The number of phenolic OH excluding ortho intramolecular Hbond substituents is 1. The molecule has 7 heteroatoms. The molecule has 2 amide bonds. The molecule has 3 aromatic carbocycles. The molecule has 0 aliphatic carbocycles. The number of amides is 2. The molecule has 7 nitrogen and oxygen atoms in total. The van der Waals surface area contributed by atoms with Crippen molar-refractivity contribution in [3.8, 4) is 17.0 Å². The van der Waals surface area contributed by atoms with Gasteiger partial charge in [0.2, 0.25) is 0 Å². The number of anilines is 1. The standard InChI is InChI=1S/C30H25N5O2/c31-24(21-11-8-16-32-19-21)17-27(23-13-5-7-15-29(23)36)34-30(37)35-28-18-26(20-9-2-1-3-10-20)33-25-14-6-4-12-22(25)28/h1-16,18-19,27,31,36H,17H2,(H2,33,34,35,37). The highest BCUT2D eigenvalue weighted by Crippen LogP contribution is 2.30. The summed E-state index contributed by atoms with van der Waals surface area (Å²) in [7, 11) is 0. The van der Waals surface area contributed by atoms with Crippen molar-refractivity contribution in [2.75, 3.05) is 5.32 Å². The van der Waals surface area contributed by atoms with Crippen LogP contribution in [0, 0.1) is 5.41 Å². The Balaban J connectivity index is 1.44. The van der Waals surface area contributed by atoms with E-state index in [0.717, 1.165) is 22.2 Å². The van der Waals surface area contributed by atoms with Crippen LogP contribution in [0.1, 0.15) is 23.6 Å². The zero-order valence-corrected chi connectivity index (χ0v) is 19.9. The number of pyridine rings is 2. The van der Waals surface area contributed by atoms with Crippen LogP contribution < -0.4 is 10.6 Å². The van der Waals surface area contributed by atoms with E-state index in [4.69, 9.17) is 10.4 Å². The average Bonchev–Trinajstić information content (AvgIpc) is 2.94. The Morgan fingerprint density at radius 3 is 2.46 bits per heavy atom. The smallest absolute Gasteiger partial charge is 0.319 e. The molecule has 0 aliphatic rings. The largest absolute Gasteiger partial charge is 0.508 e. The number of phenols is 1. The summed E-state index contributed by atoms with van der Waals surface area (Å²) in [4.78, 5) is 22.2. The van der Waals surface area contributed by atoms with Crippen molar-refractivity contribution in [3.63, 3.8) is 0 Å². The number of carbonyl (C=O) groups excluding carboxylic acids is 1. The molecule has 5 rings (SSSR count). The molecule has 0 spiro atoms. The number of para-hydroxylation sites is 2. The second-order valence-electron chi connectivity index (χ2n) is 8.57. The maximum absolute atomic E-state index is 13.3. The Morgan fingerprint density at radius 2 is 1.68 bits per heavy atom. The molecule has 4 N–H and O–H groups in total. The lowest BCUT2D eigenvalue weighted by atomic mass is 9.97. The van der Waals surface area contributed by atoms with E-state index < -0.39 is 12.1 Å². The third-order valence-corrected chi connectivity index (χ3v) is 6.07. The lowest BCUT2D eigenvalue weighted by molar-refractivity contribution is 0.248. The molecular weight excluding hydrogens is 462 g/mol. The highest BCUT2D eigenvalue weighted by Gasteiger charge is 2.21. The summed E-state index contributed by atoms with van der Waals surface area (Å²) >= 11 is 0. The van der Waals surface area contributed by atoms with Gasteiger partial charge in [-0.3, -0.25) is 4.98 Å². The quantitative estimate of drug-likeness (QED) is 0.201. The summed E-state index contributed by atoms with van der Waals surface area (Å²) in [6.07, 6.45) is 3.42. The zero-order valence-electron chi connectivity index (χ0n) is 19.9. The van der Waals surface area contributed by atoms with Gasteiger partial charge >= 0.3 is 6.03 Å². The molecule has 5 aromatic rings. The summed E-state index contributed by atoms with van der Waals surface area (Å²) in [5, 5.41) is 25.8. The third-order valence-electron chi connectivity index (χ3n) is 6.07. The number of rotatable bonds is 7. The fraction of sp³-hybridized carbons (Fsp3) is 0.0667. The van der Waals surface area contributed by atoms with E-state index in [1.807, 2.05) is 60.7 Å². The highest BCUT2D eigenvalue weighted by atomic mass is 16.3. The third kappa shape index (κ3) is 5.46. The van der Waals surface area contributed by atoms with E-state index in [1.54, 1.807) is 48.8 Å². The van der Waals surface area contributed by atoms with Gasteiger partial charge in [0.15, 0.2) is 0 Å². The second kappa shape index (κ2) is 10.7. The van der Waals surface area contributed by atoms with E-state index in [9.17, 15) is 9.90 Å². The van der Waals surface area contributed by atoms with Crippen molar-refractivity contribution in [2.24, 2.45) is 0 Å². The van der Waals surface area contributed by atoms with Gasteiger partial charge in [0.1, 0.15) is 5.75 Å². The topological polar surface area (TPSA) is 111 Å². The molecule has 182 valence electrons. The Morgan fingerprint density at radius 1 is 0.919 bits per heavy atom. The van der Waals surface area contributed by atoms with Crippen LogP contribution in [-0.2, 0) is 0 Å². The SMILES string of the molecule is N=C(CC(NC(=O)Nc1cc(-c2ccccc2)nc2ccccc12)c1ccccc1O)c1cccnc1. The van der Waals surface area contributed by atoms with E-state index in [-0.39, 0.29) is 12.2 Å². The van der Waals surface area contributed by atoms with Crippen LogP contribution in [0.25, 0.3) is 22.2 Å². The van der Waals surface area contributed by atoms with Crippen molar-refractivity contribution in [1.82, 2.24) is 15.3 Å². The number of fused-ring (bicyclic) bond motifs is 1. The summed E-state index contributed by atoms with van der Waals surface area (Å²) in [6.45, 7) is 0. The summed E-state index contributed by atoms with van der Waals surface area (Å²) in [5.41, 5.74) is 4.52. The van der Waals surface area contributed by atoms with Crippen LogP contribution in [0.4, 0.5) is 10.5 Å². The van der Waals surface area contributed by atoms with Gasteiger partial charge in [0, 0.05) is 46.6 Å². The number of nitrogens with zero attached hydrogens (tertiary/aromatic N) is 2. The molecule has 0 bridgehead atoms. The first-order valence-corrected chi connectivity index (χ1v) is 11.9. The van der Waals surface area contributed by atoms with Crippen molar-refractivity contribution >= 4 is 28.3 Å². The molecule has 2 aromatic heterocycles. The molecule has 0 saturated carbocycles. The predicted octanol–water partition coefficient (Wildman–Crippen LogP) is 6.32. The predicted molar refractivity (Wildman–Crippen MR) is 146 cm³/mol. The molecule has 1 unspecified atom stereocenters. The lowest BCUT2D eigenvalue weighted by Gasteiger charge is -2.21. The normalized spacial score (nSPS) is 11.6. The fourth-order valence-electron chi connectivity index (χ4n) is 4.24. The van der Waals surface area contributed by atoms with Crippen molar-refractivity contribution in [3.05, 3.63) is 121 Å². The van der Waals surface area contributed by atoms with Crippen LogP contribution in [0.2, 0.25) is 0 Å². The highest BCUT2D eigenvalue weighted by molar-refractivity contribution is 6.02. The zero-order chi connectivity index (χ0) is 25.6. The van der Waals surface area contributed by atoms with Gasteiger partial charge in [-0.15, -0.1) is 0 Å². The molecule has 0 radical (unpaired) electrons. The number of nitrogens with one attached hydrogen (secondary N) is 3. The minimum atomic E-state index is -0.643. The van der Waals surface area contributed by atoms with Crippen LogP contribution in [0.15, 0.2) is 109 Å². The van der Waals surface area contributed by atoms with Crippen LogP contribution in [-0.4, -0.2) is 26.8 Å². The Bertz CT molecular complexity index is 1550. The van der Waals surface area contributed by atoms with Crippen LogP contribution in [0.5, 0.6) is 5.75 Å². The number of aromatic hydroxyl groups is 1. The monoisotopic (exact) mass is 487 g/mol.